The van der Waals surface area contributed by atoms with Gasteiger partial charge >= 0.3 is 6.18 Å². The van der Waals surface area contributed by atoms with Crippen molar-refractivity contribution < 1.29 is 22.3 Å². The summed E-state index contributed by atoms with van der Waals surface area (Å²) in [7, 11) is 0. The van der Waals surface area contributed by atoms with Crippen molar-refractivity contribution in [2.75, 3.05) is 18.6 Å². The fraction of sp³-hybridized carbons (Fsp3) is 0.364. The number of alkyl halides is 3. The standard InChI is InChI=1S/C11H9F4NOS2/c1-18-5-4-17-7-3-2-6(12)8-9(7)19-10(16-8)11(13,14)15/h2-3H,4-5H2,1H3. The normalized spacial score (nSPS) is 12.1. The molecule has 0 atom stereocenters. The Morgan fingerprint density at radius 2 is 2.11 bits per heavy atom. The Labute approximate surface area is 114 Å². The van der Waals surface area contributed by atoms with Crippen LogP contribution in [0.5, 0.6) is 5.75 Å². The molecule has 1 aromatic heterocycles. The summed E-state index contributed by atoms with van der Waals surface area (Å²) in [5.41, 5.74) is -0.293. The highest BCUT2D eigenvalue weighted by Gasteiger charge is 2.35. The van der Waals surface area contributed by atoms with E-state index in [2.05, 4.69) is 4.98 Å². The van der Waals surface area contributed by atoms with Crippen LogP contribution in [-0.4, -0.2) is 23.6 Å². The Kier molecular flexibility index (Phi) is 4.19. The van der Waals surface area contributed by atoms with E-state index in [4.69, 9.17) is 4.74 Å². The molecule has 8 heteroatoms. The van der Waals surface area contributed by atoms with E-state index in [1.807, 2.05) is 6.26 Å². The molecule has 1 heterocycles. The minimum Gasteiger partial charge on any atom is -0.491 e. The van der Waals surface area contributed by atoms with Crippen molar-refractivity contribution in [3.63, 3.8) is 0 Å². The Balaban J connectivity index is 2.43. The van der Waals surface area contributed by atoms with Gasteiger partial charge in [-0.25, -0.2) is 9.37 Å². The second-order valence-corrected chi connectivity index (χ2v) is 5.57. The third kappa shape index (κ3) is 3.11. The molecule has 0 N–H and O–H groups in total. The Bertz CT molecular complexity index is 582. The second kappa shape index (κ2) is 5.54. The molecule has 2 nitrogen and oxygen atoms in total. The maximum atomic E-state index is 13.5. The lowest BCUT2D eigenvalue weighted by molar-refractivity contribution is -0.137. The number of thiazole rings is 1. The number of fused-ring (bicyclic) bond motifs is 1. The van der Waals surface area contributed by atoms with Gasteiger partial charge in [0.1, 0.15) is 11.3 Å². The SMILES string of the molecule is CSCCOc1ccc(F)c2nc(C(F)(F)F)sc12. The average Bonchev–Trinajstić information content (AvgIpc) is 2.78. The van der Waals surface area contributed by atoms with Crippen LogP contribution < -0.4 is 4.74 Å². The van der Waals surface area contributed by atoms with Gasteiger partial charge in [-0.2, -0.15) is 24.9 Å². The molecule has 2 aromatic rings. The molecular weight excluding hydrogens is 302 g/mol. The van der Waals surface area contributed by atoms with Gasteiger partial charge in [-0.15, -0.1) is 11.3 Å². The van der Waals surface area contributed by atoms with Crippen LogP contribution in [0.2, 0.25) is 0 Å². The van der Waals surface area contributed by atoms with Crippen LogP contribution >= 0.6 is 23.1 Å². The zero-order valence-electron chi connectivity index (χ0n) is 9.75. The lowest BCUT2D eigenvalue weighted by atomic mass is 10.3. The molecule has 0 aliphatic heterocycles. The van der Waals surface area contributed by atoms with Gasteiger partial charge in [-0.05, 0) is 18.4 Å². The molecule has 104 valence electrons. The Morgan fingerprint density at radius 3 is 2.74 bits per heavy atom. The minimum atomic E-state index is -4.58. The van der Waals surface area contributed by atoms with Crippen molar-refractivity contribution in [1.82, 2.24) is 4.98 Å². The van der Waals surface area contributed by atoms with Gasteiger partial charge < -0.3 is 4.74 Å². The zero-order valence-corrected chi connectivity index (χ0v) is 11.4. The summed E-state index contributed by atoms with van der Waals surface area (Å²) in [6.07, 6.45) is -2.69. The number of hydrogen-bond acceptors (Lipinski definition) is 4. The van der Waals surface area contributed by atoms with E-state index in [1.165, 1.54) is 6.07 Å². The third-order valence-corrected chi connectivity index (χ3v) is 3.94. The van der Waals surface area contributed by atoms with Crippen molar-refractivity contribution >= 4 is 33.3 Å². The van der Waals surface area contributed by atoms with Gasteiger partial charge in [-0.1, -0.05) is 0 Å². The van der Waals surface area contributed by atoms with Crippen LogP contribution in [0.3, 0.4) is 0 Å². The van der Waals surface area contributed by atoms with E-state index < -0.39 is 17.0 Å². The smallest absolute Gasteiger partial charge is 0.443 e. The van der Waals surface area contributed by atoms with E-state index in [-0.39, 0.29) is 16.0 Å². The van der Waals surface area contributed by atoms with E-state index in [1.54, 1.807) is 11.8 Å². The first-order valence-electron chi connectivity index (χ1n) is 5.21. The zero-order chi connectivity index (χ0) is 14.0. The second-order valence-electron chi connectivity index (χ2n) is 3.58. The summed E-state index contributed by atoms with van der Waals surface area (Å²) in [5.74, 6) is 0.154. The predicted octanol–water partition coefficient (Wildman–Crippen LogP) is 4.20. The lowest BCUT2D eigenvalue weighted by Crippen LogP contribution is -2.03. The molecule has 2 rings (SSSR count). The molecule has 0 saturated heterocycles. The number of aromatic nitrogens is 1. The first-order chi connectivity index (χ1) is 8.93. The summed E-state index contributed by atoms with van der Waals surface area (Å²) in [6.45, 7) is 0.348. The van der Waals surface area contributed by atoms with Crippen LogP contribution in [0, 0.1) is 5.82 Å². The highest BCUT2D eigenvalue weighted by atomic mass is 32.2. The van der Waals surface area contributed by atoms with E-state index >= 15 is 0 Å². The largest absolute Gasteiger partial charge is 0.491 e. The first-order valence-corrected chi connectivity index (χ1v) is 7.42. The quantitative estimate of drug-likeness (QED) is 0.624. The number of nitrogens with zero attached hydrogens (tertiary/aromatic N) is 1. The number of hydrogen-bond donors (Lipinski definition) is 0. The minimum absolute atomic E-state index is 0.0911. The van der Waals surface area contributed by atoms with Gasteiger partial charge in [0.05, 0.1) is 11.3 Å². The van der Waals surface area contributed by atoms with E-state index in [9.17, 15) is 17.6 Å². The van der Waals surface area contributed by atoms with Crippen molar-refractivity contribution in [2.45, 2.75) is 6.18 Å². The molecule has 0 aliphatic carbocycles. The maximum absolute atomic E-state index is 13.5. The molecule has 0 saturated carbocycles. The van der Waals surface area contributed by atoms with Crippen LogP contribution in [0.25, 0.3) is 10.2 Å². The number of halogens is 4. The van der Waals surface area contributed by atoms with Crippen molar-refractivity contribution in [1.29, 1.82) is 0 Å². The van der Waals surface area contributed by atoms with Crippen LogP contribution in [0.4, 0.5) is 17.6 Å². The maximum Gasteiger partial charge on any atom is 0.443 e. The molecule has 0 aliphatic rings. The third-order valence-electron chi connectivity index (χ3n) is 2.25. The lowest BCUT2D eigenvalue weighted by Gasteiger charge is -2.05. The molecule has 19 heavy (non-hydrogen) atoms. The van der Waals surface area contributed by atoms with Gasteiger partial charge in [0.25, 0.3) is 0 Å². The molecule has 0 bridgehead atoms. The average molecular weight is 311 g/mol. The fourth-order valence-electron chi connectivity index (χ4n) is 1.42. The topological polar surface area (TPSA) is 22.1 Å². The van der Waals surface area contributed by atoms with E-state index in [0.29, 0.717) is 23.7 Å². The van der Waals surface area contributed by atoms with Crippen molar-refractivity contribution in [3.8, 4) is 5.75 Å². The summed E-state index contributed by atoms with van der Waals surface area (Å²) in [5, 5.41) is -1.07. The number of thioether (sulfide) groups is 1. The fourth-order valence-corrected chi connectivity index (χ4v) is 2.59. The van der Waals surface area contributed by atoms with Crippen molar-refractivity contribution in [2.24, 2.45) is 0 Å². The summed E-state index contributed by atoms with van der Waals surface area (Å²) < 4.78 is 56.7. The molecule has 0 fully saturated rings. The number of rotatable bonds is 4. The van der Waals surface area contributed by atoms with Crippen LogP contribution in [-0.2, 0) is 6.18 Å². The predicted molar refractivity (Wildman–Crippen MR) is 68.5 cm³/mol. The number of benzene rings is 1. The van der Waals surface area contributed by atoms with Crippen molar-refractivity contribution in [3.05, 3.63) is 23.0 Å². The summed E-state index contributed by atoms with van der Waals surface area (Å²) in [4.78, 5) is 3.31. The molecular formula is C11H9F4NOS2. The first kappa shape index (κ1) is 14.4. The molecule has 0 unspecified atom stereocenters. The van der Waals surface area contributed by atoms with Gasteiger partial charge in [-0.3, -0.25) is 0 Å². The Hall–Kier alpha value is -1.02. The highest BCUT2D eigenvalue weighted by molar-refractivity contribution is 7.98. The van der Waals surface area contributed by atoms with Gasteiger partial charge in [0.2, 0.25) is 0 Å². The molecule has 0 radical (unpaired) electrons. The van der Waals surface area contributed by atoms with Crippen LogP contribution in [0.15, 0.2) is 12.1 Å². The summed E-state index contributed by atoms with van der Waals surface area (Å²) >= 11 is 1.94. The van der Waals surface area contributed by atoms with E-state index in [0.717, 1.165) is 6.07 Å². The van der Waals surface area contributed by atoms with Gasteiger partial charge in [0.15, 0.2) is 10.8 Å². The molecule has 0 amide bonds. The summed E-state index contributed by atoms with van der Waals surface area (Å²) in [6, 6.07) is 2.40. The monoisotopic (exact) mass is 311 g/mol. The number of ether oxygens (including phenoxy) is 1. The Morgan fingerprint density at radius 1 is 1.37 bits per heavy atom. The van der Waals surface area contributed by atoms with Crippen LogP contribution in [0.1, 0.15) is 5.01 Å². The molecule has 0 spiro atoms. The highest BCUT2D eigenvalue weighted by Crippen LogP contribution is 2.39. The van der Waals surface area contributed by atoms with Gasteiger partial charge in [0, 0.05) is 5.75 Å². The molecule has 1 aromatic carbocycles.